The van der Waals surface area contributed by atoms with E-state index in [1.165, 1.54) is 0 Å². The second-order valence-electron chi connectivity index (χ2n) is 3.70. The van der Waals surface area contributed by atoms with Gasteiger partial charge in [-0.3, -0.25) is 10.1 Å². The summed E-state index contributed by atoms with van der Waals surface area (Å²) in [6.07, 6.45) is -5.84. The van der Waals surface area contributed by atoms with Crippen LogP contribution in [0.25, 0.3) is 0 Å². The lowest BCUT2D eigenvalue weighted by Crippen LogP contribution is -2.23. The Kier molecular flexibility index (Phi) is 4.67. The van der Waals surface area contributed by atoms with Crippen LogP contribution in [0, 0.1) is 10.1 Å². The zero-order valence-corrected chi connectivity index (χ0v) is 9.52. The van der Waals surface area contributed by atoms with E-state index in [4.69, 9.17) is 10.2 Å². The molecule has 9 heteroatoms. The molecule has 0 amide bonds. The van der Waals surface area contributed by atoms with Gasteiger partial charge in [-0.05, 0) is 12.1 Å². The first-order valence-electron chi connectivity index (χ1n) is 5.14. The van der Waals surface area contributed by atoms with Crippen LogP contribution in [-0.4, -0.2) is 34.4 Å². The van der Waals surface area contributed by atoms with Gasteiger partial charge >= 0.3 is 6.18 Å². The number of alkyl halides is 3. The summed E-state index contributed by atoms with van der Waals surface area (Å²) in [5, 5.41) is 30.7. The summed E-state index contributed by atoms with van der Waals surface area (Å²) in [6.45, 7) is -0.788. The predicted molar refractivity (Wildman–Crippen MR) is 59.7 cm³/mol. The van der Waals surface area contributed by atoms with E-state index < -0.39 is 35.1 Å². The predicted octanol–water partition coefficient (Wildman–Crippen LogP) is 1.38. The van der Waals surface area contributed by atoms with Gasteiger partial charge in [-0.15, -0.1) is 0 Å². The molecule has 0 heterocycles. The first-order chi connectivity index (χ1) is 8.75. The van der Waals surface area contributed by atoms with Crippen molar-refractivity contribution in [2.75, 3.05) is 18.5 Å². The third kappa shape index (κ3) is 4.07. The highest BCUT2D eigenvalue weighted by Crippen LogP contribution is 2.34. The van der Waals surface area contributed by atoms with Crippen LogP contribution >= 0.6 is 0 Å². The van der Waals surface area contributed by atoms with Gasteiger partial charge in [0, 0.05) is 12.6 Å². The molecule has 1 aromatic carbocycles. The summed E-state index contributed by atoms with van der Waals surface area (Å²) in [7, 11) is 0. The Hall–Kier alpha value is -1.87. The number of nitro benzene ring substituents is 1. The monoisotopic (exact) mass is 280 g/mol. The maximum atomic E-state index is 12.4. The zero-order valence-electron chi connectivity index (χ0n) is 9.52. The molecular weight excluding hydrogens is 269 g/mol. The van der Waals surface area contributed by atoms with E-state index >= 15 is 0 Å². The Balaban J connectivity index is 3.02. The van der Waals surface area contributed by atoms with Gasteiger partial charge in [0.05, 0.1) is 23.2 Å². The first-order valence-corrected chi connectivity index (χ1v) is 5.14. The summed E-state index contributed by atoms with van der Waals surface area (Å²) in [5.74, 6) is 0. The van der Waals surface area contributed by atoms with Gasteiger partial charge < -0.3 is 15.5 Å². The van der Waals surface area contributed by atoms with Crippen molar-refractivity contribution in [3.63, 3.8) is 0 Å². The average Bonchev–Trinajstić information content (AvgIpc) is 2.34. The van der Waals surface area contributed by atoms with E-state index in [-0.39, 0.29) is 12.2 Å². The second kappa shape index (κ2) is 5.85. The molecule has 0 saturated carbocycles. The Morgan fingerprint density at radius 2 is 2.05 bits per heavy atom. The molecule has 19 heavy (non-hydrogen) atoms. The number of nitrogens with zero attached hydrogens (tertiary/aromatic N) is 1. The van der Waals surface area contributed by atoms with Crippen LogP contribution in [0.4, 0.5) is 24.5 Å². The molecule has 1 rings (SSSR count). The van der Waals surface area contributed by atoms with Crippen molar-refractivity contribution in [1.82, 2.24) is 0 Å². The highest BCUT2D eigenvalue weighted by atomic mass is 19.4. The van der Waals surface area contributed by atoms with Crippen LogP contribution < -0.4 is 5.32 Å². The number of halogens is 3. The fraction of sp³-hybridized carbons (Fsp3) is 0.400. The molecule has 1 atom stereocenters. The Morgan fingerprint density at radius 3 is 2.53 bits per heavy atom. The van der Waals surface area contributed by atoms with Crippen molar-refractivity contribution >= 4 is 11.4 Å². The van der Waals surface area contributed by atoms with E-state index in [0.717, 1.165) is 6.07 Å². The molecule has 106 valence electrons. The molecule has 0 aliphatic rings. The molecule has 0 radical (unpaired) electrons. The Morgan fingerprint density at radius 1 is 1.42 bits per heavy atom. The molecular formula is C10H11F3N2O4. The largest absolute Gasteiger partial charge is 0.416 e. The number of rotatable bonds is 5. The molecule has 0 aromatic heterocycles. The summed E-state index contributed by atoms with van der Waals surface area (Å²) in [6, 6.07) is 2.01. The van der Waals surface area contributed by atoms with Crippen molar-refractivity contribution in [3.8, 4) is 0 Å². The van der Waals surface area contributed by atoms with Crippen molar-refractivity contribution < 1.29 is 28.3 Å². The summed E-state index contributed by atoms with van der Waals surface area (Å²) in [4.78, 5) is 9.75. The van der Waals surface area contributed by atoms with Crippen LogP contribution in [0.15, 0.2) is 18.2 Å². The second-order valence-corrected chi connectivity index (χ2v) is 3.70. The van der Waals surface area contributed by atoms with Gasteiger partial charge in [0.1, 0.15) is 5.69 Å². The molecule has 1 aromatic rings. The minimum atomic E-state index is -4.67. The van der Waals surface area contributed by atoms with E-state index in [2.05, 4.69) is 5.32 Å². The van der Waals surface area contributed by atoms with Gasteiger partial charge in [0.25, 0.3) is 5.69 Å². The molecule has 0 bridgehead atoms. The van der Waals surface area contributed by atoms with Crippen LogP contribution in [0.3, 0.4) is 0 Å². The number of hydrogen-bond acceptors (Lipinski definition) is 5. The lowest BCUT2D eigenvalue weighted by atomic mass is 10.1. The van der Waals surface area contributed by atoms with E-state index in [0.29, 0.717) is 12.1 Å². The first kappa shape index (κ1) is 15.2. The standard InChI is InChI=1S/C10H11F3N2O4/c11-10(12,13)6-1-2-8(9(3-6)15(18)19)14-4-7(17)5-16/h1-3,7,14,16-17H,4-5H2/t7-/m1/s1. The highest BCUT2D eigenvalue weighted by Gasteiger charge is 2.33. The summed E-state index contributed by atoms with van der Waals surface area (Å²) in [5.41, 5.74) is -2.04. The molecule has 0 fully saturated rings. The van der Waals surface area contributed by atoms with E-state index in [9.17, 15) is 23.3 Å². The van der Waals surface area contributed by atoms with Gasteiger partial charge in [-0.1, -0.05) is 0 Å². The van der Waals surface area contributed by atoms with Gasteiger partial charge in [0.15, 0.2) is 0 Å². The highest BCUT2D eigenvalue weighted by molar-refractivity contribution is 5.63. The quantitative estimate of drug-likeness (QED) is 0.559. The summed E-state index contributed by atoms with van der Waals surface area (Å²) < 4.78 is 37.2. The SMILES string of the molecule is O=[N+]([O-])c1cc(C(F)(F)F)ccc1NC[C@@H](O)CO. The Bertz CT molecular complexity index is 465. The molecule has 0 aliphatic carbocycles. The number of aliphatic hydroxyl groups excluding tert-OH is 2. The minimum absolute atomic E-state index is 0.162. The fourth-order valence-corrected chi connectivity index (χ4v) is 1.30. The van der Waals surface area contributed by atoms with Crippen molar-refractivity contribution in [2.24, 2.45) is 0 Å². The number of anilines is 1. The number of hydrogen-bond donors (Lipinski definition) is 3. The normalized spacial score (nSPS) is 13.1. The fourth-order valence-electron chi connectivity index (χ4n) is 1.30. The third-order valence-corrected chi connectivity index (χ3v) is 2.26. The van der Waals surface area contributed by atoms with Gasteiger partial charge in [-0.25, -0.2) is 0 Å². The molecule has 6 nitrogen and oxygen atoms in total. The van der Waals surface area contributed by atoms with Crippen LogP contribution in [0.1, 0.15) is 5.56 Å². The van der Waals surface area contributed by atoms with Crippen molar-refractivity contribution in [3.05, 3.63) is 33.9 Å². The minimum Gasteiger partial charge on any atom is -0.394 e. The average molecular weight is 280 g/mol. The number of nitro groups is 1. The number of benzene rings is 1. The van der Waals surface area contributed by atoms with Gasteiger partial charge in [-0.2, -0.15) is 13.2 Å². The lowest BCUT2D eigenvalue weighted by Gasteiger charge is -2.12. The molecule has 3 N–H and O–H groups in total. The van der Waals surface area contributed by atoms with Crippen LogP contribution in [0.2, 0.25) is 0 Å². The topological polar surface area (TPSA) is 95.6 Å². The van der Waals surface area contributed by atoms with Crippen molar-refractivity contribution in [2.45, 2.75) is 12.3 Å². The van der Waals surface area contributed by atoms with Crippen LogP contribution in [0.5, 0.6) is 0 Å². The van der Waals surface area contributed by atoms with E-state index in [1.807, 2.05) is 0 Å². The van der Waals surface area contributed by atoms with Gasteiger partial charge in [0.2, 0.25) is 0 Å². The molecule has 0 saturated heterocycles. The number of aliphatic hydroxyl groups is 2. The molecule has 0 aliphatic heterocycles. The maximum Gasteiger partial charge on any atom is 0.416 e. The maximum absolute atomic E-state index is 12.4. The van der Waals surface area contributed by atoms with E-state index in [1.54, 1.807) is 0 Å². The Labute approximate surface area is 105 Å². The summed E-state index contributed by atoms with van der Waals surface area (Å²) >= 11 is 0. The van der Waals surface area contributed by atoms with Crippen LogP contribution in [-0.2, 0) is 6.18 Å². The molecule has 0 spiro atoms. The smallest absolute Gasteiger partial charge is 0.394 e. The zero-order chi connectivity index (χ0) is 14.6. The third-order valence-electron chi connectivity index (χ3n) is 2.26. The molecule has 0 unspecified atom stereocenters. The number of nitrogens with one attached hydrogen (secondary N) is 1. The lowest BCUT2D eigenvalue weighted by molar-refractivity contribution is -0.384. The van der Waals surface area contributed by atoms with Crippen molar-refractivity contribution in [1.29, 1.82) is 0 Å².